The van der Waals surface area contributed by atoms with E-state index in [0.29, 0.717) is 6.04 Å². The Morgan fingerprint density at radius 2 is 2.31 bits per heavy atom. The van der Waals surface area contributed by atoms with Crippen LogP contribution in [-0.2, 0) is 11.3 Å². The summed E-state index contributed by atoms with van der Waals surface area (Å²) in [6.07, 6.45) is 0. The van der Waals surface area contributed by atoms with Crippen LogP contribution < -0.4 is 5.32 Å². The van der Waals surface area contributed by atoms with Gasteiger partial charge in [-0.05, 0) is 11.6 Å². The molecule has 1 aromatic heterocycles. The van der Waals surface area contributed by atoms with Crippen molar-refractivity contribution in [1.82, 2.24) is 5.32 Å². The standard InChI is InChI=1S/C8H9Cl2NOS/c9-7-1-5(8(10)13-7)2-11-6-3-12-4-6/h1,6,11H,2-4H2. The highest BCUT2D eigenvalue weighted by Crippen LogP contribution is 2.31. The Labute approximate surface area is 90.8 Å². The Hall–Kier alpha value is 0.200. The second-order valence-corrected chi connectivity index (χ2v) is 5.25. The predicted octanol–water partition coefficient (Wildman–Crippen LogP) is 2.54. The largest absolute Gasteiger partial charge is 0.378 e. The van der Waals surface area contributed by atoms with Crippen molar-refractivity contribution in [2.45, 2.75) is 12.6 Å². The van der Waals surface area contributed by atoms with E-state index in [1.54, 1.807) is 0 Å². The molecule has 0 aromatic carbocycles. The van der Waals surface area contributed by atoms with Gasteiger partial charge in [-0.25, -0.2) is 0 Å². The van der Waals surface area contributed by atoms with Crippen molar-refractivity contribution in [3.05, 3.63) is 20.3 Å². The average Bonchev–Trinajstić information content (AvgIpc) is 2.27. The zero-order valence-electron chi connectivity index (χ0n) is 6.85. The molecule has 1 N–H and O–H groups in total. The smallest absolute Gasteiger partial charge is 0.0989 e. The van der Waals surface area contributed by atoms with Crippen LogP contribution in [0.15, 0.2) is 6.07 Å². The molecule has 1 saturated heterocycles. The molecule has 2 nitrogen and oxygen atoms in total. The molecule has 1 fully saturated rings. The quantitative estimate of drug-likeness (QED) is 0.873. The van der Waals surface area contributed by atoms with Gasteiger partial charge >= 0.3 is 0 Å². The van der Waals surface area contributed by atoms with Gasteiger partial charge in [0.2, 0.25) is 0 Å². The molecule has 0 radical (unpaired) electrons. The lowest BCUT2D eigenvalue weighted by Gasteiger charge is -2.26. The first kappa shape index (κ1) is 9.74. The van der Waals surface area contributed by atoms with Crippen LogP contribution in [0, 0.1) is 0 Å². The minimum absolute atomic E-state index is 0.481. The molecule has 0 atom stereocenters. The van der Waals surface area contributed by atoms with Gasteiger partial charge < -0.3 is 10.1 Å². The van der Waals surface area contributed by atoms with Crippen molar-refractivity contribution in [2.75, 3.05) is 13.2 Å². The molecule has 72 valence electrons. The lowest BCUT2D eigenvalue weighted by Crippen LogP contribution is -2.45. The molecule has 1 aliphatic heterocycles. The first-order valence-corrected chi connectivity index (χ1v) is 5.58. The van der Waals surface area contributed by atoms with Gasteiger partial charge in [0.25, 0.3) is 0 Å². The highest BCUT2D eigenvalue weighted by Gasteiger charge is 2.17. The summed E-state index contributed by atoms with van der Waals surface area (Å²) in [7, 11) is 0. The van der Waals surface area contributed by atoms with Crippen LogP contribution in [0.3, 0.4) is 0 Å². The van der Waals surface area contributed by atoms with Crippen molar-refractivity contribution in [3.63, 3.8) is 0 Å². The molecular formula is C8H9Cl2NOS. The minimum atomic E-state index is 0.481. The molecule has 0 amide bonds. The molecule has 2 heterocycles. The summed E-state index contributed by atoms with van der Waals surface area (Å²) in [6.45, 7) is 2.38. The summed E-state index contributed by atoms with van der Waals surface area (Å²) >= 11 is 13.2. The fraction of sp³-hybridized carbons (Fsp3) is 0.500. The maximum Gasteiger partial charge on any atom is 0.0989 e. The SMILES string of the molecule is Clc1cc(CNC2COC2)c(Cl)s1. The molecule has 5 heteroatoms. The van der Waals surface area contributed by atoms with Crippen LogP contribution in [0.4, 0.5) is 0 Å². The third kappa shape index (κ3) is 2.36. The van der Waals surface area contributed by atoms with E-state index in [-0.39, 0.29) is 0 Å². The van der Waals surface area contributed by atoms with Gasteiger partial charge in [0.05, 0.1) is 27.9 Å². The first-order valence-electron chi connectivity index (χ1n) is 4.00. The van der Waals surface area contributed by atoms with E-state index >= 15 is 0 Å². The fourth-order valence-corrected chi connectivity index (χ4v) is 2.59. The molecule has 0 unspecified atom stereocenters. The van der Waals surface area contributed by atoms with E-state index < -0.39 is 0 Å². The Morgan fingerprint density at radius 3 is 2.77 bits per heavy atom. The Morgan fingerprint density at radius 1 is 1.54 bits per heavy atom. The number of hydrogen-bond donors (Lipinski definition) is 1. The second-order valence-electron chi connectivity index (χ2n) is 2.96. The van der Waals surface area contributed by atoms with E-state index in [0.717, 1.165) is 34.0 Å². The molecule has 0 spiro atoms. The van der Waals surface area contributed by atoms with Crippen LogP contribution in [-0.4, -0.2) is 19.3 Å². The van der Waals surface area contributed by atoms with Gasteiger partial charge in [0, 0.05) is 6.54 Å². The Kier molecular flexibility index (Phi) is 3.11. The molecule has 1 aromatic rings. The summed E-state index contributed by atoms with van der Waals surface area (Å²) in [5.41, 5.74) is 1.07. The van der Waals surface area contributed by atoms with Gasteiger partial charge in [0.1, 0.15) is 0 Å². The molecule has 0 saturated carbocycles. The Balaban J connectivity index is 1.89. The summed E-state index contributed by atoms with van der Waals surface area (Å²) in [5.74, 6) is 0. The predicted molar refractivity (Wildman–Crippen MR) is 55.8 cm³/mol. The molecule has 2 rings (SSSR count). The number of hydrogen-bond acceptors (Lipinski definition) is 3. The maximum atomic E-state index is 5.95. The third-order valence-corrected chi connectivity index (χ3v) is 3.52. The van der Waals surface area contributed by atoms with Gasteiger partial charge in [-0.3, -0.25) is 0 Å². The molecule has 0 bridgehead atoms. The topological polar surface area (TPSA) is 21.3 Å². The van der Waals surface area contributed by atoms with E-state index in [2.05, 4.69) is 5.32 Å². The monoisotopic (exact) mass is 237 g/mol. The van der Waals surface area contributed by atoms with Crippen LogP contribution in [0.2, 0.25) is 8.67 Å². The van der Waals surface area contributed by atoms with Crippen molar-refractivity contribution >= 4 is 34.5 Å². The average molecular weight is 238 g/mol. The van der Waals surface area contributed by atoms with Crippen molar-refractivity contribution in [1.29, 1.82) is 0 Å². The zero-order valence-corrected chi connectivity index (χ0v) is 9.18. The second kappa shape index (κ2) is 4.15. The minimum Gasteiger partial charge on any atom is -0.378 e. The molecule has 13 heavy (non-hydrogen) atoms. The van der Waals surface area contributed by atoms with Crippen molar-refractivity contribution in [2.24, 2.45) is 0 Å². The number of thiophene rings is 1. The summed E-state index contributed by atoms with van der Waals surface area (Å²) in [5, 5.41) is 3.33. The highest BCUT2D eigenvalue weighted by atomic mass is 35.5. The van der Waals surface area contributed by atoms with Gasteiger partial charge in [-0.1, -0.05) is 23.2 Å². The summed E-state index contributed by atoms with van der Waals surface area (Å²) in [4.78, 5) is 0. The molecule has 1 aliphatic rings. The van der Waals surface area contributed by atoms with E-state index in [1.807, 2.05) is 6.07 Å². The van der Waals surface area contributed by atoms with E-state index in [9.17, 15) is 0 Å². The van der Waals surface area contributed by atoms with Crippen LogP contribution in [0.5, 0.6) is 0 Å². The van der Waals surface area contributed by atoms with Crippen molar-refractivity contribution < 1.29 is 4.74 Å². The van der Waals surface area contributed by atoms with E-state index in [1.165, 1.54) is 11.3 Å². The normalized spacial score (nSPS) is 17.4. The fourth-order valence-electron chi connectivity index (χ4n) is 1.10. The lowest BCUT2D eigenvalue weighted by atomic mass is 10.2. The van der Waals surface area contributed by atoms with Gasteiger partial charge in [0.15, 0.2) is 0 Å². The number of halogens is 2. The first-order chi connectivity index (χ1) is 6.25. The van der Waals surface area contributed by atoms with Crippen LogP contribution in [0.25, 0.3) is 0 Å². The zero-order chi connectivity index (χ0) is 9.26. The van der Waals surface area contributed by atoms with Gasteiger partial charge in [-0.2, -0.15) is 0 Å². The van der Waals surface area contributed by atoms with Crippen LogP contribution in [0.1, 0.15) is 5.56 Å². The summed E-state index contributed by atoms with van der Waals surface area (Å²) < 4.78 is 6.56. The lowest BCUT2D eigenvalue weighted by molar-refractivity contribution is -0.00576. The Bertz CT molecular complexity index is 298. The molecular weight excluding hydrogens is 229 g/mol. The van der Waals surface area contributed by atoms with Gasteiger partial charge in [-0.15, -0.1) is 11.3 Å². The van der Waals surface area contributed by atoms with Crippen molar-refractivity contribution in [3.8, 4) is 0 Å². The summed E-state index contributed by atoms with van der Waals surface area (Å²) in [6, 6.07) is 2.39. The van der Waals surface area contributed by atoms with E-state index in [4.69, 9.17) is 27.9 Å². The highest BCUT2D eigenvalue weighted by molar-refractivity contribution is 7.20. The number of nitrogens with one attached hydrogen (secondary N) is 1. The molecule has 0 aliphatic carbocycles. The number of rotatable bonds is 3. The third-order valence-electron chi connectivity index (χ3n) is 1.95. The number of ether oxygens (including phenoxy) is 1. The van der Waals surface area contributed by atoms with Crippen LogP contribution >= 0.6 is 34.5 Å². The maximum absolute atomic E-state index is 5.95.